The standard InChI is InChI=1S/C17H13F3N4O/c18-17(19,20)13-4-5-14(22-9-13)11-2-1-3-12(8-11)15-6-7-24(23-15)10-16(21)25/h1-9H,10H2,(H2,21,25). The van der Waals surface area contributed by atoms with Crippen LogP contribution in [0.25, 0.3) is 22.5 Å². The van der Waals surface area contributed by atoms with Crippen LogP contribution in [0.4, 0.5) is 13.2 Å². The van der Waals surface area contributed by atoms with Gasteiger partial charge in [-0.1, -0.05) is 18.2 Å². The first-order valence-electron chi connectivity index (χ1n) is 7.29. The van der Waals surface area contributed by atoms with Gasteiger partial charge in [-0.2, -0.15) is 18.3 Å². The third-order valence-electron chi connectivity index (χ3n) is 3.50. The first kappa shape index (κ1) is 16.7. The first-order valence-corrected chi connectivity index (χ1v) is 7.29. The maximum Gasteiger partial charge on any atom is 0.417 e. The average molecular weight is 346 g/mol. The lowest BCUT2D eigenvalue weighted by molar-refractivity contribution is -0.137. The van der Waals surface area contributed by atoms with Gasteiger partial charge in [0, 0.05) is 23.5 Å². The van der Waals surface area contributed by atoms with E-state index in [2.05, 4.69) is 10.1 Å². The van der Waals surface area contributed by atoms with Gasteiger partial charge in [-0.25, -0.2) is 0 Å². The molecule has 0 unspecified atom stereocenters. The van der Waals surface area contributed by atoms with E-state index in [4.69, 9.17) is 5.73 Å². The highest BCUT2D eigenvalue weighted by molar-refractivity contribution is 5.73. The first-order chi connectivity index (χ1) is 11.8. The summed E-state index contributed by atoms with van der Waals surface area (Å²) in [5.74, 6) is -0.502. The molecule has 25 heavy (non-hydrogen) atoms. The van der Waals surface area contributed by atoms with Crippen LogP contribution in [0.3, 0.4) is 0 Å². The molecule has 0 bridgehead atoms. The molecule has 2 heterocycles. The van der Waals surface area contributed by atoms with Crippen molar-refractivity contribution in [2.45, 2.75) is 12.7 Å². The van der Waals surface area contributed by atoms with Gasteiger partial charge in [-0.3, -0.25) is 14.5 Å². The molecule has 0 atom stereocenters. The predicted molar refractivity (Wildman–Crippen MR) is 85.1 cm³/mol. The lowest BCUT2D eigenvalue weighted by Gasteiger charge is -2.07. The minimum Gasteiger partial charge on any atom is -0.368 e. The number of hydrogen-bond donors (Lipinski definition) is 1. The summed E-state index contributed by atoms with van der Waals surface area (Å²) < 4.78 is 39.3. The van der Waals surface area contributed by atoms with E-state index in [0.29, 0.717) is 17.0 Å². The maximum atomic E-state index is 12.6. The Morgan fingerprint density at radius 3 is 2.40 bits per heavy atom. The lowest BCUT2D eigenvalue weighted by atomic mass is 10.1. The van der Waals surface area contributed by atoms with E-state index < -0.39 is 17.6 Å². The Labute approximate surface area is 140 Å². The summed E-state index contributed by atoms with van der Waals surface area (Å²) in [6.45, 7) is -0.0276. The SMILES string of the molecule is NC(=O)Cn1ccc(-c2cccc(-c3ccc(C(F)(F)F)cn3)c2)n1. The number of aromatic nitrogens is 3. The second-order valence-corrected chi connectivity index (χ2v) is 5.38. The van der Waals surface area contributed by atoms with Gasteiger partial charge in [0.05, 0.1) is 17.0 Å². The number of carbonyl (C=O) groups is 1. The van der Waals surface area contributed by atoms with E-state index in [-0.39, 0.29) is 6.54 Å². The molecular formula is C17H13F3N4O. The number of amides is 1. The summed E-state index contributed by atoms with van der Waals surface area (Å²) in [5.41, 5.74) is 6.79. The molecule has 128 valence electrons. The van der Waals surface area contributed by atoms with Crippen molar-refractivity contribution in [3.05, 3.63) is 60.4 Å². The number of alkyl halides is 3. The number of pyridine rings is 1. The summed E-state index contributed by atoms with van der Waals surface area (Å²) in [7, 11) is 0. The van der Waals surface area contributed by atoms with E-state index in [9.17, 15) is 18.0 Å². The molecule has 8 heteroatoms. The molecule has 2 N–H and O–H groups in total. The number of halogens is 3. The summed E-state index contributed by atoms with van der Waals surface area (Å²) in [4.78, 5) is 14.8. The van der Waals surface area contributed by atoms with E-state index >= 15 is 0 Å². The van der Waals surface area contributed by atoms with E-state index in [1.165, 1.54) is 10.7 Å². The van der Waals surface area contributed by atoms with Crippen LogP contribution in [0, 0.1) is 0 Å². The molecule has 0 spiro atoms. The van der Waals surface area contributed by atoms with Crippen molar-refractivity contribution in [1.29, 1.82) is 0 Å². The van der Waals surface area contributed by atoms with Crippen LogP contribution in [0.1, 0.15) is 5.56 Å². The summed E-state index contributed by atoms with van der Waals surface area (Å²) >= 11 is 0. The van der Waals surface area contributed by atoms with E-state index in [0.717, 1.165) is 17.8 Å². The molecule has 0 aliphatic rings. The Bertz CT molecular complexity index is 901. The van der Waals surface area contributed by atoms with Crippen molar-refractivity contribution in [2.24, 2.45) is 5.73 Å². The molecule has 2 aromatic heterocycles. The predicted octanol–water partition coefficient (Wildman–Crippen LogP) is 3.12. The van der Waals surface area contributed by atoms with Gasteiger partial charge in [-0.05, 0) is 24.3 Å². The van der Waals surface area contributed by atoms with Gasteiger partial charge in [0.15, 0.2) is 0 Å². The maximum absolute atomic E-state index is 12.6. The van der Waals surface area contributed by atoms with Crippen molar-refractivity contribution in [3.63, 3.8) is 0 Å². The Morgan fingerprint density at radius 1 is 1.08 bits per heavy atom. The Balaban J connectivity index is 1.89. The van der Waals surface area contributed by atoms with Gasteiger partial charge < -0.3 is 5.73 Å². The minimum absolute atomic E-state index is 0.0276. The summed E-state index contributed by atoms with van der Waals surface area (Å²) in [6.07, 6.45) is -1.98. The number of benzene rings is 1. The van der Waals surface area contributed by atoms with Crippen LogP contribution in [0.2, 0.25) is 0 Å². The second-order valence-electron chi connectivity index (χ2n) is 5.38. The van der Waals surface area contributed by atoms with Gasteiger partial charge in [0.25, 0.3) is 0 Å². The number of nitrogens with two attached hydrogens (primary N) is 1. The zero-order valence-corrected chi connectivity index (χ0v) is 12.9. The van der Waals surface area contributed by atoms with Crippen molar-refractivity contribution in [3.8, 4) is 22.5 Å². The highest BCUT2D eigenvalue weighted by Crippen LogP contribution is 2.30. The fourth-order valence-corrected chi connectivity index (χ4v) is 2.33. The molecule has 5 nitrogen and oxygen atoms in total. The van der Waals surface area contributed by atoms with Gasteiger partial charge in [0.2, 0.25) is 5.91 Å². The van der Waals surface area contributed by atoms with Crippen LogP contribution >= 0.6 is 0 Å². The van der Waals surface area contributed by atoms with Crippen molar-refractivity contribution in [1.82, 2.24) is 14.8 Å². The molecule has 0 aliphatic heterocycles. The van der Waals surface area contributed by atoms with Crippen molar-refractivity contribution in [2.75, 3.05) is 0 Å². The highest BCUT2D eigenvalue weighted by Gasteiger charge is 2.30. The van der Waals surface area contributed by atoms with Crippen LogP contribution in [-0.4, -0.2) is 20.7 Å². The van der Waals surface area contributed by atoms with Gasteiger partial charge in [-0.15, -0.1) is 0 Å². The molecule has 0 radical (unpaired) electrons. The molecule has 0 saturated heterocycles. The zero-order valence-electron chi connectivity index (χ0n) is 12.9. The number of nitrogens with zero attached hydrogens (tertiary/aromatic N) is 3. The van der Waals surface area contributed by atoms with Crippen LogP contribution in [0.5, 0.6) is 0 Å². The summed E-state index contributed by atoms with van der Waals surface area (Å²) in [6, 6.07) is 11.1. The number of primary amides is 1. The van der Waals surface area contributed by atoms with E-state index in [1.807, 2.05) is 6.07 Å². The van der Waals surface area contributed by atoms with Crippen LogP contribution in [-0.2, 0) is 17.5 Å². The quantitative estimate of drug-likeness (QED) is 0.789. The third kappa shape index (κ3) is 3.85. The molecule has 0 saturated carbocycles. The molecule has 1 aromatic carbocycles. The molecule has 0 fully saturated rings. The molecular weight excluding hydrogens is 333 g/mol. The van der Waals surface area contributed by atoms with Crippen molar-refractivity contribution >= 4 is 5.91 Å². The minimum atomic E-state index is -4.42. The smallest absolute Gasteiger partial charge is 0.368 e. The molecule has 3 rings (SSSR count). The highest BCUT2D eigenvalue weighted by atomic mass is 19.4. The van der Waals surface area contributed by atoms with Crippen LogP contribution < -0.4 is 5.73 Å². The number of hydrogen-bond acceptors (Lipinski definition) is 3. The molecule has 1 amide bonds. The fourth-order valence-electron chi connectivity index (χ4n) is 2.33. The van der Waals surface area contributed by atoms with Gasteiger partial charge >= 0.3 is 6.18 Å². The average Bonchev–Trinajstić information content (AvgIpc) is 3.02. The second kappa shape index (κ2) is 6.39. The van der Waals surface area contributed by atoms with Crippen LogP contribution in [0.15, 0.2) is 54.9 Å². The Kier molecular flexibility index (Phi) is 4.26. The molecule has 3 aromatic rings. The normalized spacial score (nSPS) is 11.5. The topological polar surface area (TPSA) is 73.8 Å². The van der Waals surface area contributed by atoms with Crippen molar-refractivity contribution < 1.29 is 18.0 Å². The third-order valence-corrected chi connectivity index (χ3v) is 3.50. The van der Waals surface area contributed by atoms with Gasteiger partial charge in [0.1, 0.15) is 6.54 Å². The zero-order chi connectivity index (χ0) is 18.0. The summed E-state index contributed by atoms with van der Waals surface area (Å²) in [5, 5.41) is 4.25. The lowest BCUT2D eigenvalue weighted by Crippen LogP contribution is -2.18. The Hall–Kier alpha value is -3.16. The van der Waals surface area contributed by atoms with E-state index in [1.54, 1.807) is 30.5 Å². The fraction of sp³-hybridized carbons (Fsp3) is 0.118. The number of rotatable bonds is 4. The Morgan fingerprint density at radius 2 is 1.80 bits per heavy atom. The number of carbonyl (C=O) groups excluding carboxylic acids is 1. The largest absolute Gasteiger partial charge is 0.417 e. The monoisotopic (exact) mass is 346 g/mol. The molecule has 0 aliphatic carbocycles.